The zero-order valence-corrected chi connectivity index (χ0v) is 15.8. The highest BCUT2D eigenvalue weighted by Gasteiger charge is 2.28. The van der Waals surface area contributed by atoms with Gasteiger partial charge in [0.1, 0.15) is 6.10 Å². The smallest absolute Gasteiger partial charge is 0.253 e. The van der Waals surface area contributed by atoms with E-state index in [-0.39, 0.29) is 30.5 Å². The maximum absolute atomic E-state index is 12.5. The zero-order valence-electron chi connectivity index (χ0n) is 15.8. The quantitative estimate of drug-likeness (QED) is 0.815. The number of nitrogens with one attached hydrogen (secondary N) is 1. The molecule has 1 fully saturated rings. The first-order valence-electron chi connectivity index (χ1n) is 8.94. The maximum Gasteiger partial charge on any atom is 0.253 e. The van der Waals surface area contributed by atoms with Crippen molar-refractivity contribution in [1.82, 2.24) is 4.98 Å². The summed E-state index contributed by atoms with van der Waals surface area (Å²) in [6.45, 7) is 2.02. The molecule has 0 saturated carbocycles. The molecule has 6 nitrogen and oxygen atoms in total. The lowest BCUT2D eigenvalue weighted by Gasteiger charge is -2.12. The molecule has 152 valence electrons. The molecule has 0 spiro atoms. The van der Waals surface area contributed by atoms with Crippen LogP contribution in [0.15, 0.2) is 36.5 Å². The topological polar surface area (TPSA) is 80.7 Å². The lowest BCUT2D eigenvalue weighted by atomic mass is 10.2. The summed E-state index contributed by atoms with van der Waals surface area (Å²) in [6, 6.07) is 7.29. The number of hydrogen-bond acceptors (Lipinski definition) is 5. The number of carbonyl (C=O) groups is 1. The van der Waals surface area contributed by atoms with Gasteiger partial charge in [0.15, 0.2) is 11.6 Å². The summed E-state index contributed by atoms with van der Waals surface area (Å²) < 4.78 is 34.8. The highest BCUT2D eigenvalue weighted by molar-refractivity contribution is 5.94. The number of ether oxygens (including phenoxy) is 2. The highest BCUT2D eigenvalue weighted by Crippen LogP contribution is 2.21. The van der Waals surface area contributed by atoms with Crippen LogP contribution in [0, 0.1) is 11.6 Å². The van der Waals surface area contributed by atoms with Crippen molar-refractivity contribution < 1.29 is 28.2 Å². The third kappa shape index (κ3) is 6.24. The number of methoxy groups -OCH3 is 1. The van der Waals surface area contributed by atoms with Gasteiger partial charge in [-0.15, -0.1) is 0 Å². The Morgan fingerprint density at radius 3 is 2.75 bits per heavy atom. The monoisotopic (exact) mass is 394 g/mol. The second kappa shape index (κ2) is 10.7. The lowest BCUT2D eigenvalue weighted by molar-refractivity contribution is -0.126. The van der Waals surface area contributed by atoms with Gasteiger partial charge < -0.3 is 19.9 Å². The molecule has 0 bridgehead atoms. The molecule has 1 amide bonds. The van der Waals surface area contributed by atoms with Crippen LogP contribution in [0.3, 0.4) is 0 Å². The van der Waals surface area contributed by atoms with Gasteiger partial charge in [-0.25, -0.2) is 4.39 Å². The highest BCUT2D eigenvalue weighted by atomic mass is 19.2. The summed E-state index contributed by atoms with van der Waals surface area (Å²) in [5, 5.41) is 11.7. The number of anilines is 1. The normalized spacial score (nSPS) is 18.2. The van der Waals surface area contributed by atoms with Gasteiger partial charge in [0.25, 0.3) is 5.91 Å². The molecular formula is C20H24F2N2O4. The molecule has 1 aliphatic rings. The summed E-state index contributed by atoms with van der Waals surface area (Å²) in [5.41, 5.74) is 1.46. The van der Waals surface area contributed by atoms with Crippen molar-refractivity contribution in [3.8, 4) is 5.75 Å². The molecular weight excluding hydrogens is 370 g/mol. The van der Waals surface area contributed by atoms with Crippen molar-refractivity contribution in [2.24, 2.45) is 0 Å². The number of hydrogen-bond donors (Lipinski definition) is 2. The summed E-state index contributed by atoms with van der Waals surface area (Å²) in [6.07, 6.45) is 3.60. The molecule has 1 aliphatic heterocycles. The van der Waals surface area contributed by atoms with E-state index < -0.39 is 11.6 Å². The Morgan fingerprint density at radius 2 is 2.14 bits per heavy atom. The minimum Gasteiger partial charge on any atom is -0.494 e. The number of halogens is 2. The summed E-state index contributed by atoms with van der Waals surface area (Å²) in [4.78, 5) is 16.0. The predicted molar refractivity (Wildman–Crippen MR) is 100 cm³/mol. The standard InChI is InChI=1S/C13H18N2O3.C7H6F2O/c1-9-2-3-12(18-9)13(17)15-11-4-6-14-10(8-11)5-7-16;1-10-6-4-2-3-5(8)7(6)9/h4,6,8-9,12,16H,2-3,5,7H2,1H3,(H,14,15,17);2-4H,1H3/t9-,12?;/m0./s1. The van der Waals surface area contributed by atoms with E-state index in [1.165, 1.54) is 19.2 Å². The minimum atomic E-state index is -0.940. The number of aliphatic hydroxyl groups is 1. The number of nitrogens with zero attached hydrogens (tertiary/aromatic N) is 1. The van der Waals surface area contributed by atoms with Crippen LogP contribution in [0.5, 0.6) is 5.75 Å². The van der Waals surface area contributed by atoms with E-state index in [9.17, 15) is 13.6 Å². The van der Waals surface area contributed by atoms with Gasteiger partial charge in [0, 0.05) is 30.6 Å². The van der Waals surface area contributed by atoms with Crippen LogP contribution >= 0.6 is 0 Å². The zero-order chi connectivity index (χ0) is 20.5. The van der Waals surface area contributed by atoms with Gasteiger partial charge in [-0.1, -0.05) is 6.07 Å². The van der Waals surface area contributed by atoms with E-state index >= 15 is 0 Å². The fourth-order valence-electron chi connectivity index (χ4n) is 2.67. The molecule has 1 saturated heterocycles. The van der Waals surface area contributed by atoms with Gasteiger partial charge in [-0.3, -0.25) is 9.78 Å². The Morgan fingerprint density at radius 1 is 1.36 bits per heavy atom. The van der Waals surface area contributed by atoms with Gasteiger partial charge in [-0.2, -0.15) is 4.39 Å². The van der Waals surface area contributed by atoms with Crippen molar-refractivity contribution in [2.75, 3.05) is 19.0 Å². The van der Waals surface area contributed by atoms with Crippen LogP contribution in [-0.4, -0.2) is 41.9 Å². The second-order valence-corrected chi connectivity index (χ2v) is 6.27. The van der Waals surface area contributed by atoms with Gasteiger partial charge in [-0.05, 0) is 44.0 Å². The number of carbonyl (C=O) groups excluding carboxylic acids is 1. The first-order valence-corrected chi connectivity index (χ1v) is 8.94. The molecule has 2 atom stereocenters. The summed E-state index contributed by atoms with van der Waals surface area (Å²) in [5.74, 6) is -2.01. The Kier molecular flexibility index (Phi) is 8.28. The van der Waals surface area contributed by atoms with E-state index in [0.717, 1.165) is 24.6 Å². The molecule has 1 aromatic carbocycles. The third-order valence-corrected chi connectivity index (χ3v) is 4.11. The SMILES string of the molecule is COc1cccc(F)c1F.C[C@H]1CCC(C(=O)Nc2ccnc(CCO)c2)O1. The van der Waals surface area contributed by atoms with Crippen LogP contribution in [0.25, 0.3) is 0 Å². The summed E-state index contributed by atoms with van der Waals surface area (Å²) >= 11 is 0. The first kappa shape index (κ1) is 21.7. The largest absolute Gasteiger partial charge is 0.494 e. The van der Waals surface area contributed by atoms with E-state index in [2.05, 4.69) is 15.0 Å². The summed E-state index contributed by atoms with van der Waals surface area (Å²) in [7, 11) is 1.29. The van der Waals surface area contributed by atoms with Crippen LogP contribution in [0.2, 0.25) is 0 Å². The van der Waals surface area contributed by atoms with Crippen LogP contribution < -0.4 is 10.1 Å². The van der Waals surface area contributed by atoms with Crippen LogP contribution in [0.1, 0.15) is 25.5 Å². The van der Waals surface area contributed by atoms with Crippen molar-refractivity contribution >= 4 is 11.6 Å². The second-order valence-electron chi connectivity index (χ2n) is 6.27. The predicted octanol–water partition coefficient (Wildman–Crippen LogP) is 3.10. The number of amides is 1. The number of benzene rings is 1. The molecule has 3 rings (SSSR count). The van der Waals surface area contributed by atoms with E-state index in [1.54, 1.807) is 18.3 Å². The molecule has 28 heavy (non-hydrogen) atoms. The number of aromatic nitrogens is 1. The van der Waals surface area contributed by atoms with Gasteiger partial charge >= 0.3 is 0 Å². The Bertz CT molecular complexity index is 789. The van der Waals surface area contributed by atoms with Crippen molar-refractivity contribution in [2.45, 2.75) is 38.4 Å². The number of pyridine rings is 1. The Hall–Kier alpha value is -2.58. The van der Waals surface area contributed by atoms with Crippen LogP contribution in [-0.2, 0) is 16.0 Å². The molecule has 2 aromatic rings. The average molecular weight is 394 g/mol. The minimum absolute atomic E-state index is 0.0493. The van der Waals surface area contributed by atoms with Crippen molar-refractivity contribution in [3.63, 3.8) is 0 Å². The molecule has 0 radical (unpaired) electrons. The average Bonchev–Trinajstić information content (AvgIpc) is 3.12. The molecule has 8 heteroatoms. The van der Waals surface area contributed by atoms with Crippen molar-refractivity contribution in [1.29, 1.82) is 0 Å². The molecule has 2 N–H and O–H groups in total. The van der Waals surface area contributed by atoms with Gasteiger partial charge in [0.05, 0.1) is 13.2 Å². The molecule has 1 unspecified atom stereocenters. The fraction of sp³-hybridized carbons (Fsp3) is 0.400. The molecule has 1 aromatic heterocycles. The number of aliphatic hydroxyl groups excluding tert-OH is 1. The Labute approximate surface area is 162 Å². The molecule has 2 heterocycles. The first-order chi connectivity index (χ1) is 13.4. The van der Waals surface area contributed by atoms with Crippen molar-refractivity contribution in [3.05, 3.63) is 53.9 Å². The van der Waals surface area contributed by atoms with E-state index in [0.29, 0.717) is 12.1 Å². The number of rotatable bonds is 5. The van der Waals surface area contributed by atoms with Crippen LogP contribution in [0.4, 0.5) is 14.5 Å². The third-order valence-electron chi connectivity index (χ3n) is 4.11. The van der Waals surface area contributed by atoms with Gasteiger partial charge in [0.2, 0.25) is 5.82 Å². The maximum atomic E-state index is 12.5. The lowest BCUT2D eigenvalue weighted by Crippen LogP contribution is -2.27. The van der Waals surface area contributed by atoms with E-state index in [1.807, 2.05) is 6.92 Å². The Balaban J connectivity index is 0.000000237. The molecule has 0 aliphatic carbocycles. The fourth-order valence-corrected chi connectivity index (χ4v) is 2.67. The van der Waals surface area contributed by atoms with E-state index in [4.69, 9.17) is 9.84 Å².